The quantitative estimate of drug-likeness (QED) is 0.0598. The first-order valence-corrected chi connectivity index (χ1v) is 15.5. The molecule has 1 N–H and O–H groups in total. The number of benzene rings is 4. The molecule has 1 unspecified atom stereocenters. The Morgan fingerprint density at radius 2 is 1.64 bits per heavy atom. The normalized spacial score (nSPS) is 16.0. The van der Waals surface area contributed by atoms with Crippen molar-refractivity contribution in [3.8, 4) is 5.75 Å². The molecule has 1 fully saturated rings. The van der Waals surface area contributed by atoms with E-state index in [0.717, 1.165) is 22.5 Å². The summed E-state index contributed by atoms with van der Waals surface area (Å²) in [5, 5.41) is 20.0. The van der Waals surface area contributed by atoms with Gasteiger partial charge in [-0.05, 0) is 41.8 Å². The number of ketones is 1. The molecule has 1 aliphatic heterocycles. The highest BCUT2D eigenvalue weighted by Crippen LogP contribution is 2.44. The van der Waals surface area contributed by atoms with Crippen molar-refractivity contribution >= 4 is 45.7 Å². The minimum atomic E-state index is -0.961. The minimum absolute atomic E-state index is 0.0485. The summed E-state index contributed by atoms with van der Waals surface area (Å²) in [4.78, 5) is 28.3. The zero-order valence-corrected chi connectivity index (χ0v) is 25.1. The molecule has 1 amide bonds. The van der Waals surface area contributed by atoms with Gasteiger partial charge in [-0.2, -0.15) is 0 Å². The fourth-order valence-electron chi connectivity index (χ4n) is 4.81. The second kappa shape index (κ2) is 12.8. The lowest BCUT2D eigenvalue weighted by atomic mass is 9.95. The van der Waals surface area contributed by atoms with Crippen molar-refractivity contribution in [2.45, 2.75) is 29.7 Å². The zero-order chi connectivity index (χ0) is 30.6. The fraction of sp³-hybridized carbons (Fsp3) is 0.118. The maximum absolute atomic E-state index is 14.1. The highest BCUT2D eigenvalue weighted by atomic mass is 32.2. The Kier molecular flexibility index (Phi) is 8.53. The van der Waals surface area contributed by atoms with Crippen LogP contribution in [0.15, 0.2) is 113 Å². The molecule has 1 saturated heterocycles. The Hall–Kier alpha value is -4.80. The number of Topliss-reactive ketones (excluding diaryl/α,β-unsaturated/α-hetero) is 1. The summed E-state index contributed by atoms with van der Waals surface area (Å²) in [5.74, 6) is -1.32. The lowest BCUT2D eigenvalue weighted by molar-refractivity contribution is -0.132. The van der Waals surface area contributed by atoms with Crippen LogP contribution in [0, 0.1) is 12.7 Å². The van der Waals surface area contributed by atoms with Crippen molar-refractivity contribution in [3.63, 3.8) is 0 Å². The second-order valence-electron chi connectivity index (χ2n) is 10.1. The summed E-state index contributed by atoms with van der Waals surface area (Å²) in [6, 6.07) is 29.4. The van der Waals surface area contributed by atoms with Crippen molar-refractivity contribution in [3.05, 3.63) is 142 Å². The van der Waals surface area contributed by atoms with E-state index in [1.807, 2.05) is 49.4 Å². The fourth-order valence-corrected chi connectivity index (χ4v) is 6.67. The molecule has 2 heterocycles. The van der Waals surface area contributed by atoms with Crippen LogP contribution >= 0.6 is 23.1 Å². The van der Waals surface area contributed by atoms with E-state index in [1.54, 1.807) is 54.6 Å². The number of hydrogen-bond donors (Lipinski definition) is 1. The van der Waals surface area contributed by atoms with Crippen molar-refractivity contribution < 1.29 is 23.8 Å². The van der Waals surface area contributed by atoms with Crippen LogP contribution in [0.25, 0.3) is 5.76 Å². The van der Waals surface area contributed by atoms with Crippen LogP contribution in [0.1, 0.15) is 33.9 Å². The van der Waals surface area contributed by atoms with Gasteiger partial charge in [-0.25, -0.2) is 4.39 Å². The highest BCUT2D eigenvalue weighted by Gasteiger charge is 2.48. The van der Waals surface area contributed by atoms with Gasteiger partial charge in [0, 0.05) is 11.3 Å². The number of nitrogens with zero attached hydrogens (tertiary/aromatic N) is 3. The number of amides is 1. The van der Waals surface area contributed by atoms with E-state index in [1.165, 1.54) is 22.7 Å². The number of ether oxygens (including phenoxy) is 1. The summed E-state index contributed by atoms with van der Waals surface area (Å²) < 4.78 is 20.6. The Morgan fingerprint density at radius 3 is 2.36 bits per heavy atom. The minimum Gasteiger partial charge on any atom is -0.507 e. The molecule has 1 atom stereocenters. The van der Waals surface area contributed by atoms with E-state index in [4.69, 9.17) is 4.74 Å². The molecule has 7 nitrogen and oxygen atoms in total. The molecule has 0 spiro atoms. The number of halogens is 1. The Labute approximate surface area is 261 Å². The number of anilines is 1. The average molecular weight is 624 g/mol. The maximum Gasteiger partial charge on any atom is 0.301 e. The molecule has 0 aliphatic carbocycles. The van der Waals surface area contributed by atoms with E-state index >= 15 is 0 Å². The third-order valence-corrected chi connectivity index (χ3v) is 9.23. The molecule has 0 saturated carbocycles. The van der Waals surface area contributed by atoms with Gasteiger partial charge in [0.25, 0.3) is 5.78 Å². The van der Waals surface area contributed by atoms with Crippen molar-refractivity contribution in [1.29, 1.82) is 0 Å². The molecule has 0 radical (unpaired) electrons. The van der Waals surface area contributed by atoms with Gasteiger partial charge >= 0.3 is 5.91 Å². The van der Waals surface area contributed by atoms with Gasteiger partial charge in [-0.1, -0.05) is 114 Å². The molecule has 44 heavy (non-hydrogen) atoms. The number of aromatic nitrogens is 2. The molecular weight excluding hydrogens is 598 g/mol. The topological polar surface area (TPSA) is 92.6 Å². The largest absolute Gasteiger partial charge is 0.507 e. The van der Waals surface area contributed by atoms with E-state index in [2.05, 4.69) is 10.2 Å². The van der Waals surface area contributed by atoms with Crippen LogP contribution in [0.2, 0.25) is 0 Å². The number of aliphatic hydroxyl groups is 1. The number of carbonyl (C=O) groups excluding carboxylic acids is 2. The molecule has 1 aromatic heterocycles. The molecule has 0 bridgehead atoms. The number of thioether (sulfide) groups is 1. The number of aliphatic hydroxyl groups excluding tert-OH is 1. The smallest absolute Gasteiger partial charge is 0.301 e. The van der Waals surface area contributed by atoms with E-state index in [0.29, 0.717) is 39.1 Å². The van der Waals surface area contributed by atoms with E-state index < -0.39 is 17.7 Å². The van der Waals surface area contributed by atoms with Crippen molar-refractivity contribution in [2.24, 2.45) is 0 Å². The van der Waals surface area contributed by atoms with Gasteiger partial charge < -0.3 is 9.84 Å². The van der Waals surface area contributed by atoms with Gasteiger partial charge in [-0.3, -0.25) is 14.5 Å². The highest BCUT2D eigenvalue weighted by molar-refractivity contribution is 8.00. The Morgan fingerprint density at radius 1 is 0.932 bits per heavy atom. The van der Waals surface area contributed by atoms with Crippen LogP contribution < -0.4 is 9.64 Å². The monoisotopic (exact) mass is 623 g/mol. The van der Waals surface area contributed by atoms with Gasteiger partial charge in [0.15, 0.2) is 4.34 Å². The lowest BCUT2D eigenvalue weighted by Gasteiger charge is -2.22. The average Bonchev–Trinajstić information content (AvgIpc) is 3.62. The second-order valence-corrected chi connectivity index (χ2v) is 12.3. The van der Waals surface area contributed by atoms with Crippen LogP contribution in [0.3, 0.4) is 0 Å². The molecule has 220 valence electrons. The predicted octanol–water partition coefficient (Wildman–Crippen LogP) is 7.48. The van der Waals surface area contributed by atoms with Crippen LogP contribution in [0.4, 0.5) is 9.52 Å². The molecule has 1 aliphatic rings. The van der Waals surface area contributed by atoms with E-state index in [9.17, 15) is 19.1 Å². The summed E-state index contributed by atoms with van der Waals surface area (Å²) in [5.41, 5.74) is 3.47. The summed E-state index contributed by atoms with van der Waals surface area (Å²) >= 11 is 2.40. The summed E-state index contributed by atoms with van der Waals surface area (Å²) in [6.45, 7) is 2.30. The van der Waals surface area contributed by atoms with Crippen LogP contribution in [-0.2, 0) is 21.9 Å². The van der Waals surface area contributed by atoms with Gasteiger partial charge in [-0.15, -0.1) is 10.2 Å². The van der Waals surface area contributed by atoms with Gasteiger partial charge in [0.05, 0.1) is 11.6 Å². The molecule has 6 rings (SSSR count). The Balaban J connectivity index is 1.34. The summed E-state index contributed by atoms with van der Waals surface area (Å²) in [7, 11) is 0. The zero-order valence-electron chi connectivity index (χ0n) is 23.5. The van der Waals surface area contributed by atoms with Crippen molar-refractivity contribution in [1.82, 2.24) is 10.2 Å². The van der Waals surface area contributed by atoms with Gasteiger partial charge in [0.1, 0.15) is 23.9 Å². The summed E-state index contributed by atoms with van der Waals surface area (Å²) in [6.07, 6.45) is 0. The third kappa shape index (κ3) is 6.13. The van der Waals surface area contributed by atoms with Crippen LogP contribution in [0.5, 0.6) is 5.75 Å². The first kappa shape index (κ1) is 29.3. The van der Waals surface area contributed by atoms with Crippen LogP contribution in [-0.4, -0.2) is 27.0 Å². The first-order chi connectivity index (χ1) is 21.4. The predicted molar refractivity (Wildman–Crippen MR) is 169 cm³/mol. The number of hydrogen-bond acceptors (Lipinski definition) is 8. The first-order valence-electron chi connectivity index (χ1n) is 13.7. The molecule has 5 aromatic rings. The van der Waals surface area contributed by atoms with Gasteiger partial charge in [0.2, 0.25) is 5.13 Å². The maximum atomic E-state index is 14.1. The standard InChI is InChI=1S/C34H26FN3O4S2/c1-21-11-13-24(14-12-21)30(39)28-29(23-15-17-26(18-16-23)42-19-22-7-3-2-4-8-22)38(32(41)31(28)40)33-36-37-34(44-33)43-20-25-9-5-6-10-27(25)35/h2-18,29,39H,19-20H2,1H3/b30-28-. The SMILES string of the molecule is Cc1ccc(/C(O)=C2/C(=O)C(=O)N(c3nnc(SCc4ccccc4F)s3)C2c2ccc(OCc3ccccc3)cc2)cc1. The third-order valence-electron chi connectivity index (χ3n) is 7.12. The van der Waals surface area contributed by atoms with Crippen molar-refractivity contribution in [2.75, 3.05) is 4.90 Å². The number of carbonyl (C=O) groups is 2. The molecule has 4 aromatic carbocycles. The molecular formula is C34H26FN3O4S2. The molecule has 10 heteroatoms. The lowest BCUT2D eigenvalue weighted by Crippen LogP contribution is -2.29. The number of aryl methyl sites for hydroxylation is 1. The number of rotatable bonds is 9. The van der Waals surface area contributed by atoms with E-state index in [-0.39, 0.29) is 22.3 Å². The Bertz CT molecular complexity index is 1840.